The van der Waals surface area contributed by atoms with E-state index in [9.17, 15) is 0 Å². The molecule has 0 fully saturated rings. The Bertz CT molecular complexity index is 254. The molecule has 94 valence electrons. The summed E-state index contributed by atoms with van der Waals surface area (Å²) in [5.41, 5.74) is 7.79. The van der Waals surface area contributed by atoms with Gasteiger partial charge in [-0.3, -0.25) is 0 Å². The van der Waals surface area contributed by atoms with Crippen molar-refractivity contribution >= 4 is 36.9 Å². The van der Waals surface area contributed by atoms with E-state index in [0.29, 0.717) is 11.1 Å². The lowest BCUT2D eigenvalue weighted by Gasteiger charge is -2.24. The van der Waals surface area contributed by atoms with Crippen molar-refractivity contribution in [3.05, 3.63) is 0 Å². The molecule has 0 radical (unpaired) electrons. The van der Waals surface area contributed by atoms with Gasteiger partial charge in [0.05, 0.1) is 0 Å². The Hall–Kier alpha value is 0.574. The highest BCUT2D eigenvalue weighted by atomic mass is 35.6. The summed E-state index contributed by atoms with van der Waals surface area (Å²) < 4.78 is 0. The average Bonchev–Trinajstić information content (AvgIpc) is 2.24. The third kappa shape index (κ3) is 4.11. The van der Waals surface area contributed by atoms with Crippen LogP contribution in [0.25, 0.3) is 0 Å². The first-order valence-electron chi connectivity index (χ1n) is 6.14. The van der Waals surface area contributed by atoms with Crippen LogP contribution < -0.4 is 0 Å². The molecule has 4 heteroatoms. The number of halogens is 2. The van der Waals surface area contributed by atoms with Gasteiger partial charge in [-0.25, -0.2) is 0 Å². The monoisotopic (exact) mass is 294 g/mol. The fourth-order valence-electron chi connectivity index (χ4n) is 1.49. The summed E-state index contributed by atoms with van der Waals surface area (Å²) in [6, 6.07) is 2.00. The maximum Gasteiger partial charge on any atom is 0.235 e. The summed E-state index contributed by atoms with van der Waals surface area (Å²) in [7, 11) is -3.82. The largest absolute Gasteiger partial charge is 0.235 e. The zero-order valence-electron chi connectivity index (χ0n) is 11.3. The van der Waals surface area contributed by atoms with Gasteiger partial charge in [-0.05, 0) is 23.2 Å². The lowest BCUT2D eigenvalue weighted by Crippen LogP contribution is -2.33. The van der Waals surface area contributed by atoms with Crippen LogP contribution in [0.1, 0.15) is 41.5 Å². The van der Waals surface area contributed by atoms with Crippen molar-refractivity contribution in [3.63, 3.8) is 0 Å². The zero-order chi connectivity index (χ0) is 13.0. The van der Waals surface area contributed by atoms with E-state index >= 15 is 0 Å². The van der Waals surface area contributed by atoms with Crippen molar-refractivity contribution in [2.24, 2.45) is 0 Å². The smallest absolute Gasteiger partial charge is 0.150 e. The zero-order valence-corrected chi connectivity index (χ0v) is 14.8. The van der Waals surface area contributed by atoms with E-state index in [0.717, 1.165) is 12.1 Å². The van der Waals surface area contributed by atoms with E-state index in [-0.39, 0.29) is 0 Å². The summed E-state index contributed by atoms with van der Waals surface area (Å²) >= 11 is 13.3. The molecule has 0 saturated heterocycles. The molecule has 2 unspecified atom stereocenters. The number of hydrogen-bond acceptors (Lipinski definition) is 0. The van der Waals surface area contributed by atoms with Crippen molar-refractivity contribution in [2.75, 3.05) is 0 Å². The number of hydrogen-bond donors (Lipinski definition) is 0. The second-order valence-corrected chi connectivity index (χ2v) is 16.7. The average molecular weight is 295 g/mol. The highest BCUT2D eigenvalue weighted by molar-refractivity contribution is 7.28. The number of rotatable bonds is 4. The molecule has 0 heterocycles. The van der Waals surface area contributed by atoms with E-state index < -0.39 is 14.8 Å². The third-order valence-corrected chi connectivity index (χ3v) is 15.2. The normalized spacial score (nSPS) is 18.9. The molecule has 0 saturated carbocycles. The maximum atomic E-state index is 6.66. The van der Waals surface area contributed by atoms with Gasteiger partial charge in [0.1, 0.15) is 0 Å². The van der Waals surface area contributed by atoms with Crippen LogP contribution in [0.4, 0.5) is 0 Å². The molecule has 2 atom stereocenters. The molecule has 0 nitrogen and oxygen atoms in total. The van der Waals surface area contributed by atoms with Crippen LogP contribution in [-0.2, 0) is 0 Å². The van der Waals surface area contributed by atoms with Crippen LogP contribution in [0.2, 0.25) is 23.2 Å². The topological polar surface area (TPSA) is 0 Å². The second kappa shape index (κ2) is 6.49. The Kier molecular flexibility index (Phi) is 6.72. The minimum Gasteiger partial charge on any atom is -0.150 e. The van der Waals surface area contributed by atoms with Gasteiger partial charge in [0, 0.05) is 0 Å². The lowest BCUT2D eigenvalue weighted by atomic mass is 10.6. The van der Waals surface area contributed by atoms with Crippen LogP contribution in [0.15, 0.2) is 0 Å². The van der Waals surface area contributed by atoms with Gasteiger partial charge < -0.3 is 0 Å². The van der Waals surface area contributed by atoms with Gasteiger partial charge in [-0.2, -0.15) is 0 Å². The van der Waals surface area contributed by atoms with Gasteiger partial charge in [0.2, 0.25) is 14.8 Å². The van der Waals surface area contributed by atoms with Crippen molar-refractivity contribution < 1.29 is 0 Å². The molecule has 0 spiro atoms. The Labute approximate surface area is 113 Å². The molecule has 0 bridgehead atoms. The third-order valence-electron chi connectivity index (χ3n) is 3.34. The standard InChI is InChI=1S/C12H24Cl2Si2/c1-7-15(13,11(3)4)9-10-16(14,8-2)12(5)6/h11-12H,7-8H2,1-6H3. The summed E-state index contributed by atoms with van der Waals surface area (Å²) in [5.74, 6) is 0. The van der Waals surface area contributed by atoms with E-state index in [1.165, 1.54) is 0 Å². The van der Waals surface area contributed by atoms with Gasteiger partial charge in [0.15, 0.2) is 0 Å². The minimum absolute atomic E-state index is 0.491. The summed E-state index contributed by atoms with van der Waals surface area (Å²) in [4.78, 5) is 0. The van der Waals surface area contributed by atoms with E-state index in [2.05, 4.69) is 52.6 Å². The molecule has 0 aromatic heterocycles. The Morgan fingerprint density at radius 3 is 1.19 bits per heavy atom. The van der Waals surface area contributed by atoms with Crippen LogP contribution >= 0.6 is 22.2 Å². The van der Waals surface area contributed by atoms with Crippen molar-refractivity contribution in [3.8, 4) is 11.1 Å². The molecular weight excluding hydrogens is 271 g/mol. The van der Waals surface area contributed by atoms with Crippen molar-refractivity contribution in [1.29, 1.82) is 0 Å². The first-order chi connectivity index (χ1) is 7.22. The van der Waals surface area contributed by atoms with Gasteiger partial charge >= 0.3 is 0 Å². The molecule has 16 heavy (non-hydrogen) atoms. The van der Waals surface area contributed by atoms with Gasteiger partial charge in [-0.15, -0.1) is 33.2 Å². The van der Waals surface area contributed by atoms with Crippen LogP contribution in [0, 0.1) is 11.1 Å². The molecule has 0 aromatic carbocycles. The fourth-order valence-corrected chi connectivity index (χ4v) is 6.57. The maximum absolute atomic E-state index is 6.66. The van der Waals surface area contributed by atoms with Gasteiger partial charge in [-0.1, -0.05) is 41.5 Å². The Morgan fingerprint density at radius 2 is 1.06 bits per heavy atom. The van der Waals surface area contributed by atoms with Gasteiger partial charge in [0.25, 0.3) is 0 Å². The molecule has 0 amide bonds. The summed E-state index contributed by atoms with van der Waals surface area (Å²) in [5, 5.41) is 0. The molecule has 0 aliphatic carbocycles. The van der Waals surface area contributed by atoms with Crippen LogP contribution in [0.3, 0.4) is 0 Å². The van der Waals surface area contributed by atoms with Crippen LogP contribution in [0.5, 0.6) is 0 Å². The molecular formula is C12H24Cl2Si2. The first-order valence-corrected chi connectivity index (χ1v) is 12.7. The van der Waals surface area contributed by atoms with E-state index in [1.807, 2.05) is 0 Å². The van der Waals surface area contributed by atoms with E-state index in [4.69, 9.17) is 22.2 Å². The molecule has 0 N–H and O–H groups in total. The fraction of sp³-hybridized carbons (Fsp3) is 0.833. The Morgan fingerprint density at radius 1 is 0.812 bits per heavy atom. The molecule has 0 aromatic rings. The van der Waals surface area contributed by atoms with Crippen molar-refractivity contribution in [1.82, 2.24) is 0 Å². The molecule has 0 rings (SSSR count). The van der Waals surface area contributed by atoms with Crippen LogP contribution in [-0.4, -0.2) is 14.8 Å². The quantitative estimate of drug-likeness (QED) is 0.375. The predicted molar refractivity (Wildman–Crippen MR) is 82.1 cm³/mol. The predicted octanol–water partition coefficient (Wildman–Crippen LogP) is 5.30. The minimum atomic E-state index is -1.91. The second-order valence-electron chi connectivity index (χ2n) is 4.99. The summed E-state index contributed by atoms with van der Waals surface area (Å²) in [6.07, 6.45) is 0. The van der Waals surface area contributed by atoms with Crippen molar-refractivity contribution in [2.45, 2.75) is 64.7 Å². The lowest BCUT2D eigenvalue weighted by molar-refractivity contribution is 1.02. The highest BCUT2D eigenvalue weighted by Crippen LogP contribution is 2.31. The SMILES string of the molecule is CC[Si](Cl)(C#C[Si](Cl)(CC)C(C)C)C(C)C. The Balaban J connectivity index is 5.08. The van der Waals surface area contributed by atoms with E-state index in [1.54, 1.807) is 0 Å². The molecule has 0 aliphatic rings. The molecule has 0 aliphatic heterocycles. The highest BCUT2D eigenvalue weighted by Gasteiger charge is 2.35. The summed E-state index contributed by atoms with van der Waals surface area (Å²) in [6.45, 7) is 13.0. The first kappa shape index (κ1) is 16.6.